The summed E-state index contributed by atoms with van der Waals surface area (Å²) in [7, 11) is 0. The SMILES string of the molecule is CCOC(=O)Cc1nc(N)ncc1C(=O)OCC. The van der Waals surface area contributed by atoms with E-state index in [0.29, 0.717) is 0 Å². The molecule has 0 amide bonds. The van der Waals surface area contributed by atoms with Crippen molar-refractivity contribution in [1.29, 1.82) is 0 Å². The summed E-state index contributed by atoms with van der Waals surface area (Å²) in [5, 5.41) is 0. The van der Waals surface area contributed by atoms with E-state index in [0.717, 1.165) is 0 Å². The summed E-state index contributed by atoms with van der Waals surface area (Å²) >= 11 is 0. The highest BCUT2D eigenvalue weighted by atomic mass is 16.5. The second-order valence-corrected chi connectivity index (χ2v) is 3.29. The average Bonchev–Trinajstić information content (AvgIpc) is 2.29. The number of hydrogen-bond donors (Lipinski definition) is 1. The van der Waals surface area contributed by atoms with Crippen molar-refractivity contribution in [1.82, 2.24) is 9.97 Å². The van der Waals surface area contributed by atoms with Crippen molar-refractivity contribution in [3.8, 4) is 0 Å². The van der Waals surface area contributed by atoms with Crippen LogP contribution in [-0.4, -0.2) is 35.1 Å². The van der Waals surface area contributed by atoms with Crippen molar-refractivity contribution in [2.45, 2.75) is 20.3 Å². The van der Waals surface area contributed by atoms with Gasteiger partial charge < -0.3 is 15.2 Å². The summed E-state index contributed by atoms with van der Waals surface area (Å²) in [5.74, 6) is -1.08. The molecule has 0 fully saturated rings. The fourth-order valence-corrected chi connectivity index (χ4v) is 1.30. The summed E-state index contributed by atoms with van der Waals surface area (Å²) in [6.07, 6.45) is 1.10. The third-order valence-electron chi connectivity index (χ3n) is 2.00. The van der Waals surface area contributed by atoms with E-state index in [2.05, 4.69) is 9.97 Å². The molecule has 1 heterocycles. The molecule has 18 heavy (non-hydrogen) atoms. The molecule has 1 aromatic rings. The lowest BCUT2D eigenvalue weighted by atomic mass is 10.2. The van der Waals surface area contributed by atoms with Gasteiger partial charge in [0.2, 0.25) is 5.95 Å². The van der Waals surface area contributed by atoms with Crippen LogP contribution in [0.2, 0.25) is 0 Å². The molecule has 1 rings (SSSR count). The van der Waals surface area contributed by atoms with Crippen LogP contribution in [0.5, 0.6) is 0 Å². The quantitative estimate of drug-likeness (QED) is 0.754. The number of nitrogen functional groups attached to an aromatic ring is 1. The molecular weight excluding hydrogens is 238 g/mol. The number of aromatic nitrogens is 2. The second-order valence-electron chi connectivity index (χ2n) is 3.29. The lowest BCUT2D eigenvalue weighted by molar-refractivity contribution is -0.142. The predicted octanol–water partition coefficient (Wildman–Crippen LogP) is 0.341. The number of rotatable bonds is 5. The van der Waals surface area contributed by atoms with Crippen LogP contribution in [0.1, 0.15) is 29.9 Å². The maximum absolute atomic E-state index is 11.6. The predicted molar refractivity (Wildman–Crippen MR) is 62.7 cm³/mol. The van der Waals surface area contributed by atoms with Crippen LogP contribution in [0.15, 0.2) is 6.20 Å². The zero-order valence-electron chi connectivity index (χ0n) is 10.3. The fourth-order valence-electron chi connectivity index (χ4n) is 1.30. The van der Waals surface area contributed by atoms with E-state index in [4.69, 9.17) is 15.2 Å². The Morgan fingerprint density at radius 1 is 1.28 bits per heavy atom. The van der Waals surface area contributed by atoms with E-state index >= 15 is 0 Å². The van der Waals surface area contributed by atoms with Crippen LogP contribution < -0.4 is 5.73 Å². The van der Waals surface area contributed by atoms with Crippen molar-refractivity contribution in [3.63, 3.8) is 0 Å². The second kappa shape index (κ2) is 6.53. The van der Waals surface area contributed by atoms with Crippen molar-refractivity contribution >= 4 is 17.9 Å². The largest absolute Gasteiger partial charge is 0.466 e. The standard InChI is InChI=1S/C11H15N3O4/c1-3-17-9(15)5-8-7(10(16)18-4-2)6-13-11(12)14-8/h6H,3-5H2,1-2H3,(H2,12,13,14). The minimum Gasteiger partial charge on any atom is -0.466 e. The molecular formula is C11H15N3O4. The van der Waals surface area contributed by atoms with Gasteiger partial charge in [-0.15, -0.1) is 0 Å². The summed E-state index contributed by atoms with van der Waals surface area (Å²) in [6, 6.07) is 0. The average molecular weight is 253 g/mol. The molecule has 0 aliphatic rings. The molecule has 0 spiro atoms. The normalized spacial score (nSPS) is 9.89. The molecule has 0 radical (unpaired) electrons. The van der Waals surface area contributed by atoms with E-state index < -0.39 is 11.9 Å². The summed E-state index contributed by atoms with van der Waals surface area (Å²) in [4.78, 5) is 30.6. The van der Waals surface area contributed by atoms with Crippen LogP contribution in [-0.2, 0) is 20.7 Å². The number of carbonyl (C=O) groups excluding carboxylic acids is 2. The number of nitrogens with zero attached hydrogens (tertiary/aromatic N) is 2. The summed E-state index contributed by atoms with van der Waals surface area (Å²) < 4.78 is 9.63. The van der Waals surface area contributed by atoms with Crippen molar-refractivity contribution in [3.05, 3.63) is 17.5 Å². The number of ether oxygens (including phenoxy) is 2. The highest BCUT2D eigenvalue weighted by Crippen LogP contribution is 2.10. The minimum atomic E-state index is -0.586. The molecule has 0 atom stereocenters. The Morgan fingerprint density at radius 3 is 2.56 bits per heavy atom. The Balaban J connectivity index is 2.96. The molecule has 7 heteroatoms. The first-order chi connectivity index (χ1) is 8.58. The number of esters is 2. The van der Waals surface area contributed by atoms with Gasteiger partial charge in [0.1, 0.15) is 5.56 Å². The van der Waals surface area contributed by atoms with E-state index in [-0.39, 0.29) is 36.8 Å². The maximum atomic E-state index is 11.6. The molecule has 2 N–H and O–H groups in total. The monoisotopic (exact) mass is 253 g/mol. The molecule has 0 saturated carbocycles. The molecule has 0 bridgehead atoms. The first-order valence-electron chi connectivity index (χ1n) is 5.52. The van der Waals surface area contributed by atoms with Gasteiger partial charge in [0, 0.05) is 6.20 Å². The molecule has 0 aromatic carbocycles. The van der Waals surface area contributed by atoms with Crippen molar-refractivity contribution in [2.24, 2.45) is 0 Å². The van der Waals surface area contributed by atoms with Gasteiger partial charge >= 0.3 is 11.9 Å². The van der Waals surface area contributed by atoms with Crippen LogP contribution in [0.3, 0.4) is 0 Å². The molecule has 0 saturated heterocycles. The zero-order valence-corrected chi connectivity index (χ0v) is 10.3. The summed E-state index contributed by atoms with van der Waals surface area (Å²) in [5.41, 5.74) is 5.76. The van der Waals surface area contributed by atoms with Crippen LogP contribution >= 0.6 is 0 Å². The number of nitrogens with two attached hydrogens (primary N) is 1. The van der Waals surface area contributed by atoms with Gasteiger partial charge in [-0.05, 0) is 13.8 Å². The third-order valence-corrected chi connectivity index (χ3v) is 2.00. The Kier molecular flexibility index (Phi) is 5.04. The van der Waals surface area contributed by atoms with Crippen molar-refractivity contribution < 1.29 is 19.1 Å². The zero-order chi connectivity index (χ0) is 13.5. The first-order valence-corrected chi connectivity index (χ1v) is 5.52. The van der Waals surface area contributed by atoms with Gasteiger partial charge in [-0.3, -0.25) is 4.79 Å². The van der Waals surface area contributed by atoms with E-state index in [1.165, 1.54) is 6.20 Å². The van der Waals surface area contributed by atoms with Gasteiger partial charge in [-0.1, -0.05) is 0 Å². The minimum absolute atomic E-state index is 0.0117. The van der Waals surface area contributed by atoms with Gasteiger partial charge in [0.05, 0.1) is 25.3 Å². The van der Waals surface area contributed by atoms with E-state index in [1.807, 2.05) is 0 Å². The molecule has 0 unspecified atom stereocenters. The van der Waals surface area contributed by atoms with Crippen LogP contribution in [0, 0.1) is 0 Å². The molecule has 98 valence electrons. The van der Waals surface area contributed by atoms with Gasteiger partial charge in [0.25, 0.3) is 0 Å². The third kappa shape index (κ3) is 3.69. The van der Waals surface area contributed by atoms with E-state index in [1.54, 1.807) is 13.8 Å². The van der Waals surface area contributed by atoms with Crippen LogP contribution in [0.4, 0.5) is 5.95 Å². The molecule has 7 nitrogen and oxygen atoms in total. The molecule has 1 aromatic heterocycles. The Bertz CT molecular complexity index is 448. The lowest BCUT2D eigenvalue weighted by Gasteiger charge is -2.07. The number of hydrogen-bond acceptors (Lipinski definition) is 7. The van der Waals surface area contributed by atoms with Crippen LogP contribution in [0.25, 0.3) is 0 Å². The molecule has 0 aliphatic heterocycles. The Labute approximate surface area is 104 Å². The van der Waals surface area contributed by atoms with Gasteiger partial charge in [-0.2, -0.15) is 0 Å². The smallest absolute Gasteiger partial charge is 0.341 e. The lowest BCUT2D eigenvalue weighted by Crippen LogP contribution is -2.16. The number of carbonyl (C=O) groups is 2. The highest BCUT2D eigenvalue weighted by molar-refractivity contribution is 5.91. The van der Waals surface area contributed by atoms with E-state index in [9.17, 15) is 9.59 Å². The fraction of sp³-hybridized carbons (Fsp3) is 0.455. The van der Waals surface area contributed by atoms with Gasteiger partial charge in [-0.25, -0.2) is 14.8 Å². The Morgan fingerprint density at radius 2 is 1.94 bits per heavy atom. The number of anilines is 1. The topological polar surface area (TPSA) is 104 Å². The highest BCUT2D eigenvalue weighted by Gasteiger charge is 2.18. The first kappa shape index (κ1) is 13.9. The van der Waals surface area contributed by atoms with Gasteiger partial charge in [0.15, 0.2) is 0 Å². The maximum Gasteiger partial charge on any atom is 0.341 e. The van der Waals surface area contributed by atoms with Crippen molar-refractivity contribution in [2.75, 3.05) is 18.9 Å². The Hall–Kier alpha value is -2.18. The summed E-state index contributed by atoms with van der Waals surface area (Å²) in [6.45, 7) is 3.86. The molecule has 0 aliphatic carbocycles.